The first-order valence-electron chi connectivity index (χ1n) is 13.9. The van der Waals surface area contributed by atoms with E-state index in [0.717, 1.165) is 62.8 Å². The summed E-state index contributed by atoms with van der Waals surface area (Å²) < 4.78 is 28.0. The summed E-state index contributed by atoms with van der Waals surface area (Å²) in [5.74, 6) is 4.92. The molecule has 3 aliphatic rings. The predicted octanol–water partition coefficient (Wildman–Crippen LogP) is 7.59. The highest BCUT2D eigenvalue weighted by molar-refractivity contribution is 5.59. The van der Waals surface area contributed by atoms with Crippen LogP contribution in [0.15, 0.2) is 29.0 Å². The predicted molar refractivity (Wildman–Crippen MR) is 146 cm³/mol. The van der Waals surface area contributed by atoms with E-state index < -0.39 is 0 Å². The molecule has 2 unspecified atom stereocenters. The molecule has 0 bridgehead atoms. The molecule has 0 radical (unpaired) electrons. The number of ether oxygens (including phenoxy) is 2. The van der Waals surface area contributed by atoms with Gasteiger partial charge in [-0.15, -0.1) is 6.42 Å². The molecule has 0 amide bonds. The van der Waals surface area contributed by atoms with Gasteiger partial charge in [-0.2, -0.15) is 0 Å². The molecule has 1 saturated carbocycles. The second-order valence-corrected chi connectivity index (χ2v) is 11.4. The Labute approximate surface area is 217 Å². The summed E-state index contributed by atoms with van der Waals surface area (Å²) >= 11 is 0. The normalized spacial score (nSPS) is 26.1. The quantitative estimate of drug-likeness (QED) is 0.341. The van der Waals surface area contributed by atoms with Gasteiger partial charge in [0.15, 0.2) is 11.6 Å². The Kier molecular flexibility index (Phi) is 8.51. The molecule has 0 spiro atoms. The number of methoxy groups -OCH3 is 1. The van der Waals surface area contributed by atoms with Crippen LogP contribution in [0.1, 0.15) is 89.7 Å². The van der Waals surface area contributed by atoms with Crippen molar-refractivity contribution in [3.05, 3.63) is 46.0 Å². The number of allylic oxidation sites excluding steroid dienone is 2. The summed E-state index contributed by atoms with van der Waals surface area (Å²) in [6, 6.07) is 4.12. The molecule has 4 rings (SSSR count). The van der Waals surface area contributed by atoms with E-state index in [-0.39, 0.29) is 23.3 Å². The van der Waals surface area contributed by atoms with E-state index >= 15 is 4.39 Å². The van der Waals surface area contributed by atoms with Gasteiger partial charge in [0.05, 0.1) is 12.9 Å². The number of halogens is 1. The minimum Gasteiger partial charge on any atom is -0.501 e. The van der Waals surface area contributed by atoms with Crippen LogP contribution in [-0.2, 0) is 4.74 Å². The minimum absolute atomic E-state index is 0.0381. The summed E-state index contributed by atoms with van der Waals surface area (Å²) in [6.07, 6.45) is 17.0. The molecule has 1 aromatic rings. The maximum absolute atomic E-state index is 15.7. The van der Waals surface area contributed by atoms with Crippen molar-refractivity contribution in [3.8, 4) is 18.1 Å². The van der Waals surface area contributed by atoms with Crippen molar-refractivity contribution in [2.45, 2.75) is 97.6 Å². The van der Waals surface area contributed by atoms with Gasteiger partial charge in [0, 0.05) is 29.4 Å². The maximum Gasteiger partial charge on any atom is 0.172 e. The Morgan fingerprint density at radius 3 is 2.78 bits per heavy atom. The topological polar surface area (TPSA) is 30.5 Å². The monoisotopic (exact) mass is 493 g/mol. The molecule has 1 aromatic carbocycles. The fraction of sp³-hybridized carbons (Fsp3) is 0.625. The third kappa shape index (κ3) is 5.83. The summed E-state index contributed by atoms with van der Waals surface area (Å²) in [7, 11) is 1.78. The van der Waals surface area contributed by atoms with Crippen LogP contribution in [0.4, 0.5) is 4.39 Å². The third-order valence-corrected chi connectivity index (χ3v) is 9.05. The number of hydrogen-bond acceptors (Lipinski definition) is 3. The first-order valence-corrected chi connectivity index (χ1v) is 13.9. The smallest absolute Gasteiger partial charge is 0.172 e. The van der Waals surface area contributed by atoms with Crippen molar-refractivity contribution in [1.29, 1.82) is 0 Å². The standard InChI is InChI=1S/C32H44FNO2/c1-7-21(3)23(5)18-25-22(4)11-12-29(31(25)33)36-28-13-17-34-27-19-24(30(35-6)20-26(27)28)10-9-14-32(8-2)15-16-32/h2,11-12,18,21,26-28,34H,7,9-10,13-17,19-20H2,1,3-6H3/b23-18-/t21?,26-,27+,28?/m1/s1. The number of aryl methyl sites for hydroxylation is 1. The number of benzene rings is 1. The molecule has 1 aliphatic heterocycles. The summed E-state index contributed by atoms with van der Waals surface area (Å²) in [5, 5.41) is 3.72. The molecule has 1 N–H and O–H groups in total. The van der Waals surface area contributed by atoms with Crippen molar-refractivity contribution in [2.75, 3.05) is 13.7 Å². The Bertz CT molecular complexity index is 1040. The van der Waals surface area contributed by atoms with Crippen LogP contribution in [0.5, 0.6) is 5.75 Å². The van der Waals surface area contributed by atoms with Gasteiger partial charge < -0.3 is 14.8 Å². The van der Waals surface area contributed by atoms with Crippen LogP contribution in [-0.4, -0.2) is 25.8 Å². The number of terminal acetylenes is 1. The van der Waals surface area contributed by atoms with Crippen molar-refractivity contribution in [2.24, 2.45) is 17.3 Å². The fourth-order valence-corrected chi connectivity index (χ4v) is 5.94. The first-order chi connectivity index (χ1) is 17.3. The minimum atomic E-state index is -0.241. The number of piperidine rings is 1. The highest BCUT2D eigenvalue weighted by Crippen LogP contribution is 2.49. The summed E-state index contributed by atoms with van der Waals surface area (Å²) in [4.78, 5) is 0. The molecule has 4 heteroatoms. The van der Waals surface area contributed by atoms with E-state index in [1.807, 2.05) is 19.1 Å². The van der Waals surface area contributed by atoms with Crippen LogP contribution < -0.4 is 10.1 Å². The molecule has 3 nitrogen and oxygen atoms in total. The second-order valence-electron chi connectivity index (χ2n) is 11.4. The largest absolute Gasteiger partial charge is 0.501 e. The van der Waals surface area contributed by atoms with Gasteiger partial charge in [-0.25, -0.2) is 4.39 Å². The lowest BCUT2D eigenvalue weighted by Crippen LogP contribution is -2.52. The molecule has 2 aliphatic carbocycles. The van der Waals surface area contributed by atoms with Crippen LogP contribution in [0.3, 0.4) is 0 Å². The van der Waals surface area contributed by atoms with Gasteiger partial charge in [-0.3, -0.25) is 0 Å². The number of fused-ring (bicyclic) bond motifs is 1. The van der Waals surface area contributed by atoms with E-state index in [1.165, 1.54) is 24.0 Å². The zero-order valence-corrected chi connectivity index (χ0v) is 22.9. The Morgan fingerprint density at radius 2 is 2.11 bits per heavy atom. The van der Waals surface area contributed by atoms with E-state index in [9.17, 15) is 0 Å². The average molecular weight is 494 g/mol. The van der Waals surface area contributed by atoms with Gasteiger partial charge in [0.1, 0.15) is 6.10 Å². The number of nitrogens with one attached hydrogen (secondary N) is 1. The van der Waals surface area contributed by atoms with Gasteiger partial charge in [0.2, 0.25) is 0 Å². The molecule has 1 heterocycles. The number of rotatable bonds is 10. The molecular weight excluding hydrogens is 449 g/mol. The first kappa shape index (κ1) is 26.8. The molecule has 196 valence electrons. The Morgan fingerprint density at radius 1 is 1.33 bits per heavy atom. The van der Waals surface area contributed by atoms with E-state index in [4.69, 9.17) is 15.9 Å². The molecule has 2 fully saturated rings. The number of hydrogen-bond donors (Lipinski definition) is 1. The van der Waals surface area contributed by atoms with E-state index in [0.29, 0.717) is 23.3 Å². The van der Waals surface area contributed by atoms with Crippen molar-refractivity contribution in [3.63, 3.8) is 0 Å². The lowest BCUT2D eigenvalue weighted by atomic mass is 9.76. The lowest BCUT2D eigenvalue weighted by Gasteiger charge is -2.42. The highest BCUT2D eigenvalue weighted by atomic mass is 19.1. The second kappa shape index (κ2) is 11.4. The zero-order chi connectivity index (χ0) is 25.9. The zero-order valence-electron chi connectivity index (χ0n) is 22.9. The Hall–Kier alpha value is -2.25. The highest BCUT2D eigenvalue weighted by Gasteiger charge is 2.42. The third-order valence-electron chi connectivity index (χ3n) is 9.05. The fourth-order valence-electron chi connectivity index (χ4n) is 5.94. The molecule has 4 atom stereocenters. The molecule has 1 saturated heterocycles. The van der Waals surface area contributed by atoms with Gasteiger partial charge >= 0.3 is 0 Å². The summed E-state index contributed by atoms with van der Waals surface area (Å²) in [5.41, 5.74) is 4.37. The maximum atomic E-state index is 15.7. The van der Waals surface area contributed by atoms with Crippen LogP contribution in [0.2, 0.25) is 0 Å². The summed E-state index contributed by atoms with van der Waals surface area (Å²) in [6.45, 7) is 9.29. The van der Waals surface area contributed by atoms with Gasteiger partial charge in [0.25, 0.3) is 0 Å². The Balaban J connectivity index is 1.48. The van der Waals surface area contributed by atoms with Crippen LogP contribution in [0, 0.1) is 42.3 Å². The van der Waals surface area contributed by atoms with Crippen molar-refractivity contribution >= 4 is 6.08 Å². The van der Waals surface area contributed by atoms with Crippen LogP contribution in [0.25, 0.3) is 6.08 Å². The van der Waals surface area contributed by atoms with Crippen molar-refractivity contribution < 1.29 is 13.9 Å². The van der Waals surface area contributed by atoms with Gasteiger partial charge in [-0.1, -0.05) is 37.5 Å². The van der Waals surface area contributed by atoms with Gasteiger partial charge in [-0.05, 0) is 94.9 Å². The van der Waals surface area contributed by atoms with E-state index in [2.05, 4.69) is 32.0 Å². The SMILES string of the molecule is C#CC1(CCCC2=C(OC)C[C@H]3C(Oc4ccc(C)c(/C=C(/C)C(C)CC)c4F)CCN[C@H]3C2)CC1. The molecular formula is C32H44FNO2. The lowest BCUT2D eigenvalue weighted by molar-refractivity contribution is 0.0516. The van der Waals surface area contributed by atoms with E-state index in [1.54, 1.807) is 13.2 Å². The van der Waals surface area contributed by atoms with Crippen molar-refractivity contribution in [1.82, 2.24) is 5.32 Å². The molecule has 0 aromatic heterocycles. The van der Waals surface area contributed by atoms with Crippen LogP contribution >= 0.6 is 0 Å². The average Bonchev–Trinajstić information content (AvgIpc) is 3.67. The molecule has 36 heavy (non-hydrogen) atoms.